The smallest absolute Gasteiger partial charge is 0.255 e. The average Bonchev–Trinajstić information content (AvgIpc) is 2.67. The van der Waals surface area contributed by atoms with Gasteiger partial charge >= 0.3 is 0 Å². The van der Waals surface area contributed by atoms with Crippen LogP contribution in [0.25, 0.3) is 0 Å². The van der Waals surface area contributed by atoms with Gasteiger partial charge in [-0.15, -0.1) is 0 Å². The fraction of sp³-hybridized carbons (Fsp3) is 0.857. The van der Waals surface area contributed by atoms with E-state index < -0.39 is 13.0 Å². The largest absolute Gasteiger partial charge is 0.350 e. The number of carbonyl (C=O) groups excluding carboxylic acids is 1. The summed E-state index contributed by atoms with van der Waals surface area (Å²) in [7, 11) is 0. The molecule has 0 aromatic carbocycles. The highest BCUT2D eigenvalue weighted by Crippen LogP contribution is 2.31. The van der Waals surface area contributed by atoms with Crippen LogP contribution in [0.5, 0.6) is 0 Å². The van der Waals surface area contributed by atoms with Crippen molar-refractivity contribution >= 4 is 5.91 Å². The molecule has 0 radical (unpaired) electrons. The van der Waals surface area contributed by atoms with Crippen molar-refractivity contribution in [3.8, 4) is 0 Å². The van der Waals surface area contributed by atoms with Crippen molar-refractivity contribution in [3.63, 3.8) is 0 Å². The first-order valence-electron chi connectivity index (χ1n) is 3.73. The van der Waals surface area contributed by atoms with Crippen LogP contribution in [0.15, 0.2) is 0 Å². The van der Waals surface area contributed by atoms with Crippen molar-refractivity contribution in [1.29, 1.82) is 0 Å². The Labute approximate surface area is 64.0 Å². The summed E-state index contributed by atoms with van der Waals surface area (Å²) in [6.45, 7) is -0.508. The molecule has 0 aromatic rings. The van der Waals surface area contributed by atoms with E-state index >= 15 is 0 Å². The van der Waals surface area contributed by atoms with Crippen LogP contribution < -0.4 is 5.32 Å². The summed E-state index contributed by atoms with van der Waals surface area (Å²) < 4.78 is 23.1. The molecule has 1 aliphatic rings. The second kappa shape index (κ2) is 3.64. The Hall–Kier alpha value is -0.670. The number of carbonyl (C=O) groups is 1. The van der Waals surface area contributed by atoms with Crippen LogP contribution in [0.1, 0.15) is 19.3 Å². The van der Waals surface area contributed by atoms with Gasteiger partial charge in [0.15, 0.2) is 0 Å². The summed E-state index contributed by atoms with van der Waals surface area (Å²) in [4.78, 5) is 10.8. The number of halogens is 2. The molecule has 1 rings (SSSR count). The Balaban J connectivity index is 2.00. The minimum atomic E-state index is -2.43. The van der Waals surface area contributed by atoms with Gasteiger partial charge < -0.3 is 5.32 Å². The Kier molecular flexibility index (Phi) is 2.79. The SMILES string of the molecule is O=C(CC1CC1)NCC(F)F. The van der Waals surface area contributed by atoms with Crippen LogP contribution in [-0.2, 0) is 4.79 Å². The molecule has 0 saturated heterocycles. The zero-order valence-corrected chi connectivity index (χ0v) is 6.15. The molecule has 0 spiro atoms. The van der Waals surface area contributed by atoms with E-state index in [1.54, 1.807) is 0 Å². The fourth-order valence-corrected chi connectivity index (χ4v) is 0.847. The van der Waals surface area contributed by atoms with Crippen LogP contribution in [0.3, 0.4) is 0 Å². The molecule has 4 heteroatoms. The number of alkyl halides is 2. The number of hydrogen-bond acceptors (Lipinski definition) is 1. The molecule has 64 valence electrons. The molecule has 0 atom stereocenters. The van der Waals surface area contributed by atoms with E-state index in [9.17, 15) is 13.6 Å². The number of amides is 1. The maximum absolute atomic E-state index is 11.5. The van der Waals surface area contributed by atoms with Gasteiger partial charge in [0.25, 0.3) is 6.43 Å². The van der Waals surface area contributed by atoms with Crippen LogP contribution in [0.2, 0.25) is 0 Å². The monoisotopic (exact) mass is 163 g/mol. The molecule has 0 bridgehead atoms. The predicted molar refractivity (Wildman–Crippen MR) is 36.4 cm³/mol. The quantitative estimate of drug-likeness (QED) is 0.662. The van der Waals surface area contributed by atoms with Crippen molar-refractivity contribution in [2.45, 2.75) is 25.7 Å². The minimum absolute atomic E-state index is 0.243. The van der Waals surface area contributed by atoms with Gasteiger partial charge in [0.1, 0.15) is 0 Å². The maximum Gasteiger partial charge on any atom is 0.255 e. The number of nitrogens with one attached hydrogen (secondary N) is 1. The Morgan fingerprint density at radius 2 is 2.18 bits per heavy atom. The Morgan fingerprint density at radius 3 is 2.64 bits per heavy atom. The van der Waals surface area contributed by atoms with Crippen molar-refractivity contribution in [2.24, 2.45) is 5.92 Å². The predicted octanol–water partition coefficient (Wildman–Crippen LogP) is 1.17. The summed E-state index contributed by atoms with van der Waals surface area (Å²) in [5.74, 6) is 0.223. The Bertz CT molecular complexity index is 145. The van der Waals surface area contributed by atoms with Gasteiger partial charge in [0.2, 0.25) is 5.91 Å². The maximum atomic E-state index is 11.5. The van der Waals surface area contributed by atoms with E-state index in [0.717, 1.165) is 12.8 Å². The Morgan fingerprint density at radius 1 is 1.55 bits per heavy atom. The molecule has 1 saturated carbocycles. The van der Waals surface area contributed by atoms with Gasteiger partial charge in [0, 0.05) is 6.42 Å². The second-order valence-electron chi connectivity index (χ2n) is 2.84. The zero-order valence-electron chi connectivity index (χ0n) is 6.15. The summed E-state index contributed by atoms with van der Waals surface area (Å²) in [6.07, 6.45) is 0.134. The van der Waals surface area contributed by atoms with Crippen LogP contribution in [0.4, 0.5) is 8.78 Å². The van der Waals surface area contributed by atoms with Crippen LogP contribution in [0, 0.1) is 5.92 Å². The first kappa shape index (κ1) is 8.43. The highest BCUT2D eigenvalue weighted by molar-refractivity contribution is 5.76. The van der Waals surface area contributed by atoms with E-state index in [4.69, 9.17) is 0 Å². The molecule has 0 unspecified atom stereocenters. The van der Waals surface area contributed by atoms with Gasteiger partial charge in [-0.3, -0.25) is 4.79 Å². The molecule has 11 heavy (non-hydrogen) atoms. The van der Waals surface area contributed by atoms with Crippen molar-refractivity contribution in [1.82, 2.24) is 5.32 Å². The lowest BCUT2D eigenvalue weighted by Gasteiger charge is -2.01. The molecule has 0 aliphatic heterocycles. The third kappa shape index (κ3) is 3.91. The normalized spacial score (nSPS) is 17.0. The molecule has 0 heterocycles. The number of hydrogen-bond donors (Lipinski definition) is 1. The van der Waals surface area contributed by atoms with Gasteiger partial charge in [-0.1, -0.05) is 0 Å². The second-order valence-corrected chi connectivity index (χ2v) is 2.84. The summed E-state index contributed by atoms with van der Waals surface area (Å²) >= 11 is 0. The minimum Gasteiger partial charge on any atom is -0.350 e. The average molecular weight is 163 g/mol. The van der Waals surface area contributed by atoms with Crippen LogP contribution >= 0.6 is 0 Å². The molecule has 2 nitrogen and oxygen atoms in total. The molecule has 1 N–H and O–H groups in total. The number of rotatable bonds is 4. The lowest BCUT2D eigenvalue weighted by Crippen LogP contribution is -2.28. The van der Waals surface area contributed by atoms with E-state index in [1.165, 1.54) is 0 Å². The van der Waals surface area contributed by atoms with E-state index in [-0.39, 0.29) is 5.91 Å². The van der Waals surface area contributed by atoms with E-state index in [2.05, 4.69) is 5.32 Å². The fourth-order valence-electron chi connectivity index (χ4n) is 0.847. The lowest BCUT2D eigenvalue weighted by atomic mass is 10.3. The topological polar surface area (TPSA) is 29.1 Å². The highest BCUT2D eigenvalue weighted by Gasteiger charge is 2.24. The lowest BCUT2D eigenvalue weighted by molar-refractivity contribution is -0.122. The van der Waals surface area contributed by atoms with Gasteiger partial charge in [0.05, 0.1) is 6.54 Å². The highest BCUT2D eigenvalue weighted by atomic mass is 19.3. The molecule has 1 aliphatic carbocycles. The van der Waals surface area contributed by atoms with Gasteiger partial charge in [-0.2, -0.15) is 0 Å². The van der Waals surface area contributed by atoms with Crippen molar-refractivity contribution < 1.29 is 13.6 Å². The van der Waals surface area contributed by atoms with E-state index in [1.807, 2.05) is 0 Å². The third-order valence-electron chi connectivity index (χ3n) is 1.62. The summed E-state index contributed by atoms with van der Waals surface area (Å²) in [6, 6.07) is 0. The van der Waals surface area contributed by atoms with Crippen molar-refractivity contribution in [3.05, 3.63) is 0 Å². The van der Waals surface area contributed by atoms with Crippen LogP contribution in [-0.4, -0.2) is 18.9 Å². The zero-order chi connectivity index (χ0) is 8.27. The summed E-state index contributed by atoms with van der Waals surface area (Å²) in [5.41, 5.74) is 0. The van der Waals surface area contributed by atoms with Gasteiger partial charge in [-0.25, -0.2) is 8.78 Å². The third-order valence-corrected chi connectivity index (χ3v) is 1.62. The van der Waals surface area contributed by atoms with Crippen molar-refractivity contribution in [2.75, 3.05) is 6.54 Å². The molecule has 1 fully saturated rings. The molecule has 1 amide bonds. The first-order valence-corrected chi connectivity index (χ1v) is 3.73. The molecule has 0 aromatic heterocycles. The first-order chi connectivity index (χ1) is 5.18. The van der Waals surface area contributed by atoms with E-state index in [0.29, 0.717) is 12.3 Å². The standard InChI is InChI=1S/C7H11F2NO/c8-6(9)4-10-7(11)3-5-1-2-5/h5-6H,1-4H2,(H,10,11). The molecular formula is C7H11F2NO. The van der Waals surface area contributed by atoms with Gasteiger partial charge in [-0.05, 0) is 18.8 Å². The molecular weight excluding hydrogens is 152 g/mol. The summed E-state index contributed by atoms with van der Waals surface area (Å²) in [5, 5.41) is 2.16.